The van der Waals surface area contributed by atoms with Gasteiger partial charge in [0.2, 0.25) is 0 Å². The molecule has 0 amide bonds. The van der Waals surface area contributed by atoms with Gasteiger partial charge >= 0.3 is 0 Å². The van der Waals surface area contributed by atoms with Crippen LogP contribution in [0.25, 0.3) is 0 Å². The van der Waals surface area contributed by atoms with E-state index in [4.69, 9.17) is 16.6 Å². The Hall–Kier alpha value is -1.13. The maximum Gasteiger partial charge on any atom is 0.123 e. The highest BCUT2D eigenvalue weighted by molar-refractivity contribution is 5.29. The number of aliphatic hydroxyl groups is 1. The third kappa shape index (κ3) is 2.18. The Morgan fingerprint density at radius 2 is 2.25 bits per heavy atom. The first-order valence-electron chi connectivity index (χ1n) is 3.83. The Balaban J connectivity index is 2.73. The first-order valence-corrected chi connectivity index (χ1v) is 3.83. The van der Waals surface area contributed by atoms with Crippen molar-refractivity contribution in [2.45, 2.75) is 12.5 Å². The molecule has 0 aliphatic rings. The molecule has 5 N–H and O–H groups in total. The van der Waals surface area contributed by atoms with Crippen LogP contribution in [0, 0.1) is 0 Å². The van der Waals surface area contributed by atoms with Crippen molar-refractivity contribution in [3.8, 4) is 0 Å². The van der Waals surface area contributed by atoms with E-state index >= 15 is 0 Å². The number of hydrogen-bond acceptors (Lipinski definition) is 4. The molecule has 4 nitrogen and oxygen atoms in total. The zero-order valence-corrected chi connectivity index (χ0v) is 6.77. The molecular weight excluding hydrogens is 154 g/mol. The minimum absolute atomic E-state index is 0.0671. The number of nitrogens with zero attached hydrogens (tertiary/aromatic N) is 1. The predicted molar refractivity (Wildman–Crippen MR) is 47.3 cm³/mol. The fourth-order valence-electron chi connectivity index (χ4n) is 0.962. The van der Waals surface area contributed by atoms with Crippen LogP contribution in [0.1, 0.15) is 18.2 Å². The summed E-state index contributed by atoms with van der Waals surface area (Å²) >= 11 is 0. The summed E-state index contributed by atoms with van der Waals surface area (Å²) in [5.74, 6) is 0.459. The summed E-state index contributed by atoms with van der Waals surface area (Å²) in [6.45, 7) is 0.0671. The van der Waals surface area contributed by atoms with Gasteiger partial charge in [-0.15, -0.1) is 0 Å². The first kappa shape index (κ1) is 8.96. The van der Waals surface area contributed by atoms with Gasteiger partial charge in [-0.1, -0.05) is 6.07 Å². The van der Waals surface area contributed by atoms with E-state index in [9.17, 15) is 0 Å². The number of hydrogen-bond donors (Lipinski definition) is 3. The van der Waals surface area contributed by atoms with Crippen LogP contribution in [0.15, 0.2) is 18.2 Å². The van der Waals surface area contributed by atoms with Crippen LogP contribution in [0.5, 0.6) is 0 Å². The molecule has 66 valence electrons. The van der Waals surface area contributed by atoms with Gasteiger partial charge in [-0.25, -0.2) is 4.98 Å². The summed E-state index contributed by atoms with van der Waals surface area (Å²) in [7, 11) is 0. The molecule has 0 bridgehead atoms. The lowest BCUT2D eigenvalue weighted by Crippen LogP contribution is -2.14. The molecule has 1 aromatic heterocycles. The highest BCUT2D eigenvalue weighted by Crippen LogP contribution is 2.11. The van der Waals surface area contributed by atoms with Crippen LogP contribution in [0.4, 0.5) is 5.82 Å². The average molecular weight is 167 g/mol. The van der Waals surface area contributed by atoms with Crippen molar-refractivity contribution in [2.24, 2.45) is 5.73 Å². The van der Waals surface area contributed by atoms with Crippen molar-refractivity contribution in [3.63, 3.8) is 0 Å². The largest absolute Gasteiger partial charge is 0.396 e. The molecule has 0 spiro atoms. The summed E-state index contributed by atoms with van der Waals surface area (Å²) in [5, 5.41) is 8.63. The maximum absolute atomic E-state index is 8.63. The van der Waals surface area contributed by atoms with Crippen molar-refractivity contribution < 1.29 is 5.11 Å². The lowest BCUT2D eigenvalue weighted by molar-refractivity contribution is 0.275. The van der Waals surface area contributed by atoms with Crippen LogP contribution in [-0.4, -0.2) is 16.7 Å². The van der Waals surface area contributed by atoms with Gasteiger partial charge in [0.15, 0.2) is 0 Å². The third-order valence-electron chi connectivity index (χ3n) is 1.61. The molecule has 4 heteroatoms. The molecule has 1 rings (SSSR count). The topological polar surface area (TPSA) is 85.2 Å². The molecule has 0 radical (unpaired) electrons. The van der Waals surface area contributed by atoms with Crippen molar-refractivity contribution in [2.75, 3.05) is 12.3 Å². The lowest BCUT2D eigenvalue weighted by Gasteiger charge is -2.08. The first-order chi connectivity index (χ1) is 5.74. The van der Waals surface area contributed by atoms with E-state index in [-0.39, 0.29) is 12.6 Å². The summed E-state index contributed by atoms with van der Waals surface area (Å²) in [4.78, 5) is 4.03. The molecule has 1 aromatic rings. The van der Waals surface area contributed by atoms with Crippen molar-refractivity contribution >= 4 is 5.82 Å². The maximum atomic E-state index is 8.63. The summed E-state index contributed by atoms with van der Waals surface area (Å²) in [6.07, 6.45) is 0.510. The number of nitrogen functional groups attached to an aromatic ring is 1. The van der Waals surface area contributed by atoms with Crippen molar-refractivity contribution in [3.05, 3.63) is 23.9 Å². The number of aliphatic hydroxyl groups excluding tert-OH is 1. The highest BCUT2D eigenvalue weighted by Gasteiger charge is 2.05. The van der Waals surface area contributed by atoms with E-state index in [0.717, 1.165) is 5.69 Å². The highest BCUT2D eigenvalue weighted by atomic mass is 16.3. The second-order valence-corrected chi connectivity index (χ2v) is 2.61. The van der Waals surface area contributed by atoms with Gasteiger partial charge in [0.1, 0.15) is 5.82 Å². The second kappa shape index (κ2) is 4.04. The molecule has 0 aliphatic carbocycles. The Morgan fingerprint density at radius 1 is 1.50 bits per heavy atom. The molecule has 1 heterocycles. The Kier molecular flexibility index (Phi) is 3.01. The molecule has 0 aliphatic heterocycles. The minimum atomic E-state index is -0.224. The summed E-state index contributed by atoms with van der Waals surface area (Å²) < 4.78 is 0. The fraction of sp³-hybridized carbons (Fsp3) is 0.375. The van der Waals surface area contributed by atoms with Gasteiger partial charge in [0, 0.05) is 12.6 Å². The van der Waals surface area contributed by atoms with E-state index in [2.05, 4.69) is 4.98 Å². The SMILES string of the molecule is Nc1cccc([C@H](N)CCO)n1. The second-order valence-electron chi connectivity index (χ2n) is 2.61. The van der Waals surface area contributed by atoms with Gasteiger partial charge in [0.25, 0.3) is 0 Å². The molecule has 0 aromatic carbocycles. The molecule has 0 saturated heterocycles. The Labute approximate surface area is 71.2 Å². The van der Waals surface area contributed by atoms with E-state index < -0.39 is 0 Å². The van der Waals surface area contributed by atoms with Crippen LogP contribution in [-0.2, 0) is 0 Å². The molecule has 0 unspecified atom stereocenters. The van der Waals surface area contributed by atoms with Crippen LogP contribution >= 0.6 is 0 Å². The zero-order valence-electron chi connectivity index (χ0n) is 6.77. The van der Waals surface area contributed by atoms with E-state index in [1.54, 1.807) is 18.2 Å². The zero-order chi connectivity index (χ0) is 8.97. The van der Waals surface area contributed by atoms with E-state index in [0.29, 0.717) is 12.2 Å². The van der Waals surface area contributed by atoms with Gasteiger partial charge in [-0.3, -0.25) is 0 Å². The van der Waals surface area contributed by atoms with E-state index in [1.165, 1.54) is 0 Å². The molecule has 0 fully saturated rings. The number of nitrogens with two attached hydrogens (primary N) is 2. The summed E-state index contributed by atoms with van der Waals surface area (Å²) in [5.41, 5.74) is 11.9. The van der Waals surface area contributed by atoms with Gasteiger partial charge in [-0.05, 0) is 18.6 Å². The third-order valence-corrected chi connectivity index (χ3v) is 1.61. The lowest BCUT2D eigenvalue weighted by atomic mass is 10.1. The molecule has 12 heavy (non-hydrogen) atoms. The van der Waals surface area contributed by atoms with Crippen LogP contribution in [0.3, 0.4) is 0 Å². The standard InChI is InChI=1S/C8H13N3O/c9-6(4-5-12)7-2-1-3-8(10)11-7/h1-3,6,12H,4-5,9H2,(H2,10,11)/t6-/m1/s1. The van der Waals surface area contributed by atoms with Crippen molar-refractivity contribution in [1.82, 2.24) is 4.98 Å². The minimum Gasteiger partial charge on any atom is -0.396 e. The summed E-state index contributed by atoms with van der Waals surface area (Å²) in [6, 6.07) is 5.08. The van der Waals surface area contributed by atoms with Gasteiger partial charge in [-0.2, -0.15) is 0 Å². The monoisotopic (exact) mass is 167 g/mol. The quantitative estimate of drug-likeness (QED) is 0.593. The fourth-order valence-corrected chi connectivity index (χ4v) is 0.962. The van der Waals surface area contributed by atoms with Gasteiger partial charge < -0.3 is 16.6 Å². The molecule has 1 atom stereocenters. The molecule has 0 saturated carbocycles. The Morgan fingerprint density at radius 3 is 2.83 bits per heavy atom. The van der Waals surface area contributed by atoms with Crippen LogP contribution in [0.2, 0.25) is 0 Å². The average Bonchev–Trinajstić information content (AvgIpc) is 2.05. The van der Waals surface area contributed by atoms with E-state index in [1.807, 2.05) is 0 Å². The normalized spacial score (nSPS) is 12.8. The number of rotatable bonds is 3. The van der Waals surface area contributed by atoms with Crippen LogP contribution < -0.4 is 11.5 Å². The Bertz CT molecular complexity index is 252. The number of pyridine rings is 1. The number of anilines is 1. The smallest absolute Gasteiger partial charge is 0.123 e. The number of aromatic nitrogens is 1. The predicted octanol–water partition coefficient (Wildman–Crippen LogP) is 0.0460. The van der Waals surface area contributed by atoms with Gasteiger partial charge in [0.05, 0.1) is 5.69 Å². The molecular formula is C8H13N3O. The van der Waals surface area contributed by atoms with Crippen molar-refractivity contribution in [1.29, 1.82) is 0 Å².